The molecule has 6 rings (SSSR count). The molecule has 10 heteroatoms. The average Bonchev–Trinajstić information content (AvgIpc) is 3.58. The minimum Gasteiger partial charge on any atom is -0.389 e. The summed E-state index contributed by atoms with van der Waals surface area (Å²) in [4.78, 5) is 42.4. The number of aliphatic hydroxyl groups is 1. The van der Waals surface area contributed by atoms with Crippen molar-refractivity contribution in [1.29, 1.82) is 0 Å². The van der Waals surface area contributed by atoms with Crippen LogP contribution in [0, 0.1) is 5.92 Å². The average molecular weight is 531 g/mol. The first-order chi connectivity index (χ1) is 18.3. The van der Waals surface area contributed by atoms with Crippen LogP contribution in [0.5, 0.6) is 0 Å². The number of rotatable bonds is 7. The van der Waals surface area contributed by atoms with E-state index in [2.05, 4.69) is 20.5 Å². The van der Waals surface area contributed by atoms with E-state index in [1.165, 1.54) is 0 Å². The highest BCUT2D eigenvalue weighted by molar-refractivity contribution is 7.16. The normalized spacial score (nSPS) is 17.3. The molecule has 4 aromatic rings. The lowest BCUT2D eigenvalue weighted by molar-refractivity contribution is -0.122. The highest BCUT2D eigenvalue weighted by Crippen LogP contribution is 2.38. The summed E-state index contributed by atoms with van der Waals surface area (Å²) in [6.07, 6.45) is 3.73. The lowest BCUT2D eigenvalue weighted by atomic mass is 9.96. The molecule has 0 radical (unpaired) electrons. The first kappa shape index (κ1) is 24.7. The van der Waals surface area contributed by atoms with Crippen LogP contribution >= 0.6 is 11.3 Å². The number of anilines is 1. The maximum Gasteiger partial charge on any atom is 0.261 e. The smallest absolute Gasteiger partial charge is 0.261 e. The van der Waals surface area contributed by atoms with Crippen molar-refractivity contribution in [3.8, 4) is 0 Å². The van der Waals surface area contributed by atoms with Gasteiger partial charge in [0, 0.05) is 42.2 Å². The van der Waals surface area contributed by atoms with Crippen LogP contribution in [0.4, 0.5) is 5.95 Å². The molecule has 0 spiro atoms. The minimum absolute atomic E-state index is 0.285. The predicted octanol–water partition coefficient (Wildman–Crippen LogP) is 3.32. The number of imide groups is 1. The zero-order chi connectivity index (χ0) is 26.4. The van der Waals surface area contributed by atoms with Gasteiger partial charge in [0.1, 0.15) is 4.83 Å². The van der Waals surface area contributed by atoms with E-state index < -0.39 is 17.4 Å². The molecule has 9 nitrogen and oxygen atoms in total. The van der Waals surface area contributed by atoms with Crippen LogP contribution in [-0.4, -0.2) is 63.7 Å². The maximum absolute atomic E-state index is 13.2. The monoisotopic (exact) mass is 530 g/mol. The highest BCUT2D eigenvalue weighted by Gasteiger charge is 2.36. The van der Waals surface area contributed by atoms with Gasteiger partial charge in [0.2, 0.25) is 5.95 Å². The number of aromatic nitrogens is 3. The van der Waals surface area contributed by atoms with E-state index in [1.807, 2.05) is 35.7 Å². The summed E-state index contributed by atoms with van der Waals surface area (Å²) < 4.78 is 0. The summed E-state index contributed by atoms with van der Waals surface area (Å²) >= 11 is 1.55. The van der Waals surface area contributed by atoms with Crippen LogP contribution in [0.1, 0.15) is 37.9 Å². The van der Waals surface area contributed by atoms with Crippen molar-refractivity contribution in [2.75, 3.05) is 31.1 Å². The number of thiophene rings is 1. The molecule has 0 saturated carbocycles. The van der Waals surface area contributed by atoms with E-state index in [9.17, 15) is 14.7 Å². The zero-order valence-electron chi connectivity index (χ0n) is 21.4. The van der Waals surface area contributed by atoms with Gasteiger partial charge < -0.3 is 20.3 Å². The van der Waals surface area contributed by atoms with Gasteiger partial charge in [-0.2, -0.15) is 0 Å². The molecule has 2 aliphatic rings. The van der Waals surface area contributed by atoms with Crippen molar-refractivity contribution in [2.24, 2.45) is 5.92 Å². The third-order valence-electron chi connectivity index (χ3n) is 7.22. The molecule has 196 valence electrons. The number of nitrogens with one attached hydrogen (secondary N) is 3. The molecule has 2 amide bonds. The van der Waals surface area contributed by atoms with Gasteiger partial charge in [-0.25, -0.2) is 9.97 Å². The van der Waals surface area contributed by atoms with Crippen molar-refractivity contribution in [3.05, 3.63) is 53.2 Å². The second kappa shape index (κ2) is 9.61. The number of carbonyl (C=O) groups is 2. The molecular weight excluding hydrogens is 500 g/mol. The first-order valence-electron chi connectivity index (χ1n) is 12.9. The molecule has 3 aromatic heterocycles. The standard InChI is InChI=1S/C28H30N6O3S/c1-28(2,37)15-29-13-16-7-10-34(11-8-16)27-31-20-6-4-3-5-18(20)23(32-27)22-21(24(35)33-25(22)36)19-14-30-26-17(19)9-12-38-26/h3-6,9,12,14,16,29-30,37H,7-8,10-11,13,15H2,1-2H3,(H,33,35,36). The van der Waals surface area contributed by atoms with E-state index in [-0.39, 0.29) is 5.57 Å². The van der Waals surface area contributed by atoms with Crippen LogP contribution in [0.25, 0.3) is 32.3 Å². The van der Waals surface area contributed by atoms with Gasteiger partial charge in [0.25, 0.3) is 11.8 Å². The molecule has 0 unspecified atom stereocenters. The Morgan fingerprint density at radius 1 is 1.08 bits per heavy atom. The second-order valence-electron chi connectivity index (χ2n) is 10.7. The van der Waals surface area contributed by atoms with Gasteiger partial charge in [-0.1, -0.05) is 18.2 Å². The molecule has 38 heavy (non-hydrogen) atoms. The molecule has 0 bridgehead atoms. The van der Waals surface area contributed by atoms with Crippen molar-refractivity contribution in [2.45, 2.75) is 32.3 Å². The third-order valence-corrected chi connectivity index (χ3v) is 8.07. The van der Waals surface area contributed by atoms with Gasteiger partial charge in [0.15, 0.2) is 0 Å². The summed E-state index contributed by atoms with van der Waals surface area (Å²) in [5.41, 5.74) is 1.80. The quantitative estimate of drug-likeness (QED) is 0.270. The number of amides is 2. The minimum atomic E-state index is -0.729. The van der Waals surface area contributed by atoms with E-state index >= 15 is 0 Å². The molecule has 2 aliphatic heterocycles. The molecule has 0 aliphatic carbocycles. The topological polar surface area (TPSA) is 123 Å². The summed E-state index contributed by atoms with van der Waals surface area (Å²) in [5.74, 6) is 0.208. The molecule has 1 saturated heterocycles. The molecular formula is C28H30N6O3S. The van der Waals surface area contributed by atoms with E-state index in [0.717, 1.165) is 53.6 Å². The predicted molar refractivity (Wildman–Crippen MR) is 150 cm³/mol. The number of aromatic amines is 1. The summed E-state index contributed by atoms with van der Waals surface area (Å²) in [5, 5.41) is 19.4. The Kier molecular flexibility index (Phi) is 6.25. The Morgan fingerprint density at radius 3 is 2.63 bits per heavy atom. The molecule has 1 fully saturated rings. The van der Waals surface area contributed by atoms with Crippen LogP contribution in [-0.2, 0) is 9.59 Å². The number of hydrogen-bond donors (Lipinski definition) is 4. The van der Waals surface area contributed by atoms with Gasteiger partial charge in [-0.05, 0) is 56.7 Å². The summed E-state index contributed by atoms with van der Waals surface area (Å²) in [6.45, 7) is 6.59. The Hall–Kier alpha value is -3.60. The lowest BCUT2D eigenvalue weighted by Gasteiger charge is -2.33. The highest BCUT2D eigenvalue weighted by atomic mass is 32.1. The number of hydrogen-bond acceptors (Lipinski definition) is 8. The third kappa shape index (κ3) is 4.59. The van der Waals surface area contributed by atoms with Crippen LogP contribution in [0.15, 0.2) is 41.9 Å². The summed E-state index contributed by atoms with van der Waals surface area (Å²) in [7, 11) is 0. The fraction of sp³-hybridized carbons (Fsp3) is 0.357. The second-order valence-corrected chi connectivity index (χ2v) is 11.6. The zero-order valence-corrected chi connectivity index (χ0v) is 22.2. The van der Waals surface area contributed by atoms with Crippen LogP contribution < -0.4 is 15.5 Å². The number of fused-ring (bicyclic) bond motifs is 2. The van der Waals surface area contributed by atoms with Crippen LogP contribution in [0.3, 0.4) is 0 Å². The van der Waals surface area contributed by atoms with Gasteiger partial charge >= 0.3 is 0 Å². The van der Waals surface area contributed by atoms with Gasteiger partial charge in [0.05, 0.1) is 28.0 Å². The van der Waals surface area contributed by atoms with Gasteiger partial charge in [-0.3, -0.25) is 14.9 Å². The Bertz CT molecular complexity index is 1570. The summed E-state index contributed by atoms with van der Waals surface area (Å²) in [6, 6.07) is 9.58. The fourth-order valence-corrected chi connectivity index (χ4v) is 6.08. The number of benzene rings is 1. The largest absolute Gasteiger partial charge is 0.389 e. The first-order valence-corrected chi connectivity index (χ1v) is 13.8. The number of nitrogens with zero attached hydrogens (tertiary/aromatic N) is 3. The molecule has 5 heterocycles. The van der Waals surface area contributed by atoms with E-state index in [4.69, 9.17) is 9.97 Å². The SMILES string of the molecule is CC(C)(O)CNCC1CCN(c2nc(C3=C(c4c[nH]c5sccc45)C(=O)NC3=O)c3ccccc3n2)CC1. The number of carbonyl (C=O) groups excluding carboxylic acids is 2. The number of para-hydroxylation sites is 1. The fourth-order valence-electron chi connectivity index (χ4n) is 5.31. The van der Waals surface area contributed by atoms with E-state index in [0.29, 0.717) is 35.2 Å². The van der Waals surface area contributed by atoms with Crippen molar-refractivity contribution in [3.63, 3.8) is 0 Å². The van der Waals surface area contributed by atoms with Crippen molar-refractivity contribution in [1.82, 2.24) is 25.6 Å². The maximum atomic E-state index is 13.2. The molecule has 4 N–H and O–H groups in total. The van der Waals surface area contributed by atoms with Crippen molar-refractivity contribution < 1.29 is 14.7 Å². The van der Waals surface area contributed by atoms with Gasteiger partial charge in [-0.15, -0.1) is 11.3 Å². The number of piperidine rings is 1. The Labute approximate surface area is 224 Å². The Balaban J connectivity index is 1.36. The van der Waals surface area contributed by atoms with E-state index in [1.54, 1.807) is 31.4 Å². The lowest BCUT2D eigenvalue weighted by Crippen LogP contribution is -2.41. The van der Waals surface area contributed by atoms with Crippen LogP contribution in [0.2, 0.25) is 0 Å². The Morgan fingerprint density at radius 2 is 1.84 bits per heavy atom. The number of H-pyrrole nitrogens is 1. The molecule has 0 atom stereocenters. The molecule has 1 aromatic carbocycles. The van der Waals surface area contributed by atoms with Crippen molar-refractivity contribution >= 4 is 61.4 Å².